The molecule has 2 aromatic carbocycles. The number of ether oxygens (including phenoxy) is 1. The summed E-state index contributed by atoms with van der Waals surface area (Å²) in [6.45, 7) is 4.73. The summed E-state index contributed by atoms with van der Waals surface area (Å²) in [4.78, 5) is 14.8. The van der Waals surface area contributed by atoms with Crippen LogP contribution in [0.25, 0.3) is 0 Å². The van der Waals surface area contributed by atoms with Gasteiger partial charge in [0.25, 0.3) is 0 Å². The fourth-order valence-corrected chi connectivity index (χ4v) is 3.34. The van der Waals surface area contributed by atoms with E-state index in [9.17, 15) is 4.79 Å². The molecule has 2 N–H and O–H groups in total. The van der Waals surface area contributed by atoms with Crippen molar-refractivity contribution in [3.05, 3.63) is 59.7 Å². The highest BCUT2D eigenvalue weighted by Gasteiger charge is 2.27. The van der Waals surface area contributed by atoms with E-state index in [2.05, 4.69) is 41.8 Å². The van der Waals surface area contributed by atoms with Gasteiger partial charge in [-0.25, -0.2) is 0 Å². The summed E-state index contributed by atoms with van der Waals surface area (Å²) in [6.07, 6.45) is 1.02. The van der Waals surface area contributed by atoms with Crippen LogP contribution in [-0.2, 0) is 11.2 Å². The van der Waals surface area contributed by atoms with Gasteiger partial charge in [-0.1, -0.05) is 43.3 Å². The van der Waals surface area contributed by atoms with Crippen LogP contribution in [0.4, 0.5) is 5.69 Å². The number of methoxy groups -OCH3 is 1. The number of aryl methyl sites for hydroxylation is 1. The Morgan fingerprint density at radius 2 is 2.00 bits per heavy atom. The molecular weight excluding hydrogens is 326 g/mol. The van der Waals surface area contributed by atoms with Crippen LogP contribution in [0.15, 0.2) is 48.5 Å². The quantitative estimate of drug-likeness (QED) is 0.838. The SMILES string of the molecule is CCc1ccc(C2CNCCN2C(=O)CNc2ccccc2OC)cc1. The van der Waals surface area contributed by atoms with E-state index in [1.807, 2.05) is 29.2 Å². The first-order valence-corrected chi connectivity index (χ1v) is 9.19. The van der Waals surface area contributed by atoms with Crippen molar-refractivity contribution in [1.82, 2.24) is 10.2 Å². The van der Waals surface area contributed by atoms with E-state index in [-0.39, 0.29) is 18.5 Å². The van der Waals surface area contributed by atoms with Gasteiger partial charge in [0.05, 0.1) is 25.4 Å². The van der Waals surface area contributed by atoms with Crippen LogP contribution in [0.3, 0.4) is 0 Å². The normalized spacial score (nSPS) is 17.0. The van der Waals surface area contributed by atoms with E-state index in [0.717, 1.165) is 30.9 Å². The Bertz CT molecular complexity index is 730. The molecule has 0 aromatic heterocycles. The second-order valence-electron chi connectivity index (χ2n) is 6.46. The van der Waals surface area contributed by atoms with Crippen molar-refractivity contribution in [2.75, 3.05) is 38.6 Å². The summed E-state index contributed by atoms with van der Waals surface area (Å²) in [7, 11) is 1.63. The number of benzene rings is 2. The lowest BCUT2D eigenvalue weighted by Crippen LogP contribution is -2.50. The predicted octanol–water partition coefficient (Wildman–Crippen LogP) is 2.84. The van der Waals surface area contributed by atoms with E-state index in [1.165, 1.54) is 11.1 Å². The van der Waals surface area contributed by atoms with E-state index >= 15 is 0 Å². The number of amides is 1. The number of carbonyl (C=O) groups is 1. The summed E-state index contributed by atoms with van der Waals surface area (Å²) in [5.74, 6) is 0.842. The molecule has 1 aliphatic rings. The first-order chi connectivity index (χ1) is 12.7. The molecule has 1 saturated heterocycles. The van der Waals surface area contributed by atoms with Gasteiger partial charge < -0.3 is 20.3 Å². The minimum Gasteiger partial charge on any atom is -0.495 e. The van der Waals surface area contributed by atoms with Crippen LogP contribution < -0.4 is 15.4 Å². The van der Waals surface area contributed by atoms with Crippen molar-refractivity contribution in [1.29, 1.82) is 0 Å². The summed E-state index contributed by atoms with van der Waals surface area (Å²) < 4.78 is 5.34. The number of nitrogens with zero attached hydrogens (tertiary/aromatic N) is 1. The lowest BCUT2D eigenvalue weighted by atomic mass is 10.0. The molecule has 1 aliphatic heterocycles. The van der Waals surface area contributed by atoms with Gasteiger partial charge in [0.1, 0.15) is 5.75 Å². The van der Waals surface area contributed by atoms with Gasteiger partial charge in [-0.3, -0.25) is 4.79 Å². The molecule has 0 bridgehead atoms. The fourth-order valence-electron chi connectivity index (χ4n) is 3.34. The number of nitrogens with one attached hydrogen (secondary N) is 2. The van der Waals surface area contributed by atoms with Gasteiger partial charge in [-0.2, -0.15) is 0 Å². The summed E-state index contributed by atoms with van der Waals surface area (Å²) in [5, 5.41) is 6.62. The first-order valence-electron chi connectivity index (χ1n) is 9.19. The van der Waals surface area contributed by atoms with Crippen LogP contribution in [0.1, 0.15) is 24.1 Å². The number of carbonyl (C=O) groups excluding carboxylic acids is 1. The molecule has 1 fully saturated rings. The highest BCUT2D eigenvalue weighted by molar-refractivity contribution is 5.82. The number of hydrogen-bond donors (Lipinski definition) is 2. The molecule has 0 spiro atoms. The molecule has 5 heteroatoms. The Hall–Kier alpha value is -2.53. The van der Waals surface area contributed by atoms with Crippen molar-refractivity contribution in [2.24, 2.45) is 0 Å². The molecule has 0 saturated carbocycles. The van der Waals surface area contributed by atoms with Gasteiger partial charge in [-0.05, 0) is 29.7 Å². The molecule has 0 radical (unpaired) electrons. The smallest absolute Gasteiger partial charge is 0.242 e. The van der Waals surface area contributed by atoms with Crippen molar-refractivity contribution in [3.63, 3.8) is 0 Å². The van der Waals surface area contributed by atoms with Crippen LogP contribution >= 0.6 is 0 Å². The molecule has 1 atom stereocenters. The third-order valence-electron chi connectivity index (χ3n) is 4.87. The van der Waals surface area contributed by atoms with E-state index in [1.54, 1.807) is 7.11 Å². The Morgan fingerprint density at radius 3 is 2.73 bits per heavy atom. The van der Waals surface area contributed by atoms with Crippen molar-refractivity contribution in [3.8, 4) is 5.75 Å². The zero-order chi connectivity index (χ0) is 18.4. The maximum absolute atomic E-state index is 12.9. The molecule has 138 valence electrons. The Balaban J connectivity index is 1.69. The molecular formula is C21H27N3O2. The standard InChI is InChI=1S/C21H27N3O2/c1-3-16-8-10-17(11-9-16)19-14-22-12-13-24(19)21(25)15-23-18-6-4-5-7-20(18)26-2/h4-11,19,22-23H,3,12-15H2,1-2H3. The highest BCUT2D eigenvalue weighted by atomic mass is 16.5. The predicted molar refractivity (Wildman–Crippen MR) is 105 cm³/mol. The molecule has 0 aliphatic carbocycles. The monoisotopic (exact) mass is 353 g/mol. The van der Waals surface area contributed by atoms with Gasteiger partial charge >= 0.3 is 0 Å². The van der Waals surface area contributed by atoms with E-state index in [4.69, 9.17) is 4.74 Å². The molecule has 1 amide bonds. The van der Waals surface area contributed by atoms with Crippen LogP contribution in [0.2, 0.25) is 0 Å². The lowest BCUT2D eigenvalue weighted by Gasteiger charge is -2.37. The minimum atomic E-state index is 0.0709. The zero-order valence-electron chi connectivity index (χ0n) is 15.5. The topological polar surface area (TPSA) is 53.6 Å². The summed E-state index contributed by atoms with van der Waals surface area (Å²) >= 11 is 0. The zero-order valence-corrected chi connectivity index (χ0v) is 15.5. The first kappa shape index (κ1) is 18.3. The van der Waals surface area contributed by atoms with Crippen molar-refractivity contribution < 1.29 is 9.53 Å². The molecule has 1 heterocycles. The number of piperazine rings is 1. The molecule has 26 heavy (non-hydrogen) atoms. The number of rotatable bonds is 6. The number of para-hydroxylation sites is 2. The lowest BCUT2D eigenvalue weighted by molar-refractivity contribution is -0.132. The summed E-state index contributed by atoms with van der Waals surface area (Å²) in [5.41, 5.74) is 3.33. The summed E-state index contributed by atoms with van der Waals surface area (Å²) in [6, 6.07) is 16.3. The fraction of sp³-hybridized carbons (Fsp3) is 0.381. The average molecular weight is 353 g/mol. The van der Waals surface area contributed by atoms with Crippen LogP contribution in [-0.4, -0.2) is 44.1 Å². The Morgan fingerprint density at radius 1 is 1.23 bits per heavy atom. The Kier molecular flexibility index (Phi) is 6.12. The maximum Gasteiger partial charge on any atom is 0.242 e. The maximum atomic E-state index is 12.9. The van der Waals surface area contributed by atoms with Gasteiger partial charge in [-0.15, -0.1) is 0 Å². The van der Waals surface area contributed by atoms with Crippen LogP contribution in [0.5, 0.6) is 5.75 Å². The van der Waals surface area contributed by atoms with Crippen LogP contribution in [0, 0.1) is 0 Å². The van der Waals surface area contributed by atoms with Crippen molar-refractivity contribution in [2.45, 2.75) is 19.4 Å². The van der Waals surface area contributed by atoms with Crippen molar-refractivity contribution >= 4 is 11.6 Å². The largest absolute Gasteiger partial charge is 0.495 e. The van der Waals surface area contributed by atoms with E-state index < -0.39 is 0 Å². The molecule has 3 rings (SSSR count). The number of hydrogen-bond acceptors (Lipinski definition) is 4. The third-order valence-corrected chi connectivity index (χ3v) is 4.87. The highest BCUT2D eigenvalue weighted by Crippen LogP contribution is 2.25. The van der Waals surface area contributed by atoms with Gasteiger partial charge in [0.2, 0.25) is 5.91 Å². The molecule has 2 aromatic rings. The second-order valence-corrected chi connectivity index (χ2v) is 6.46. The second kappa shape index (κ2) is 8.72. The van der Waals surface area contributed by atoms with Gasteiger partial charge in [0, 0.05) is 19.6 Å². The van der Waals surface area contributed by atoms with E-state index in [0.29, 0.717) is 6.54 Å². The minimum absolute atomic E-state index is 0.0709. The third kappa shape index (κ3) is 4.17. The molecule has 5 nitrogen and oxygen atoms in total. The molecule has 1 unspecified atom stereocenters. The average Bonchev–Trinajstić information content (AvgIpc) is 2.72. The number of anilines is 1. The van der Waals surface area contributed by atoms with Gasteiger partial charge in [0.15, 0.2) is 0 Å². The Labute approximate surface area is 155 Å².